The Bertz CT molecular complexity index is 1430. The largest absolute Gasteiger partial charge is 0.462 e. The Balaban J connectivity index is 1.81. The first-order valence-corrected chi connectivity index (χ1v) is 26.4. The first-order chi connectivity index (χ1) is 33.5. The highest BCUT2D eigenvalue weighted by molar-refractivity contribution is 5.70. The summed E-state index contributed by atoms with van der Waals surface area (Å²) in [6, 6.07) is 0. The number of hydrogen-bond acceptors (Lipinski definition) is 15. The number of aliphatic hydroxyl groups is 7. The van der Waals surface area contributed by atoms with Crippen LogP contribution in [0.2, 0.25) is 0 Å². The van der Waals surface area contributed by atoms with Crippen LogP contribution in [0.5, 0.6) is 0 Å². The van der Waals surface area contributed by atoms with Crippen LogP contribution in [0.25, 0.3) is 0 Å². The highest BCUT2D eigenvalue weighted by Crippen LogP contribution is 2.26. The van der Waals surface area contributed by atoms with Gasteiger partial charge in [-0.1, -0.05) is 164 Å². The average molecular weight is 981 g/mol. The molecule has 2 saturated heterocycles. The summed E-state index contributed by atoms with van der Waals surface area (Å²) < 4.78 is 33.6. The quantitative estimate of drug-likeness (QED) is 0.0178. The van der Waals surface area contributed by atoms with Gasteiger partial charge in [0.25, 0.3) is 0 Å². The molecule has 0 aromatic heterocycles. The predicted octanol–water partition coefficient (Wildman–Crippen LogP) is 7.66. The number of allylic oxidation sites excluding steroid dienone is 10. The number of ether oxygens (including phenoxy) is 6. The van der Waals surface area contributed by atoms with Gasteiger partial charge in [-0.3, -0.25) is 9.59 Å². The van der Waals surface area contributed by atoms with Gasteiger partial charge in [0, 0.05) is 12.8 Å². The third-order valence-corrected chi connectivity index (χ3v) is 12.3. The van der Waals surface area contributed by atoms with Crippen molar-refractivity contribution in [1.29, 1.82) is 0 Å². The van der Waals surface area contributed by atoms with Gasteiger partial charge in [-0.15, -0.1) is 0 Å². The van der Waals surface area contributed by atoms with Crippen molar-refractivity contribution in [2.45, 2.75) is 242 Å². The van der Waals surface area contributed by atoms with Gasteiger partial charge < -0.3 is 64.2 Å². The van der Waals surface area contributed by atoms with E-state index >= 15 is 0 Å². The van der Waals surface area contributed by atoms with Gasteiger partial charge in [0.15, 0.2) is 18.7 Å². The van der Waals surface area contributed by atoms with Gasteiger partial charge in [-0.2, -0.15) is 0 Å². The molecule has 0 bridgehead atoms. The van der Waals surface area contributed by atoms with Crippen LogP contribution in [0.3, 0.4) is 0 Å². The molecule has 0 aromatic rings. The third kappa shape index (κ3) is 28.7. The maximum atomic E-state index is 13.0. The van der Waals surface area contributed by atoms with Crippen molar-refractivity contribution >= 4 is 11.9 Å². The minimum absolute atomic E-state index is 0.158. The van der Waals surface area contributed by atoms with Crippen molar-refractivity contribution in [2.75, 3.05) is 26.4 Å². The van der Waals surface area contributed by atoms with Crippen LogP contribution >= 0.6 is 0 Å². The van der Waals surface area contributed by atoms with Crippen LogP contribution in [-0.2, 0) is 38.0 Å². The molecular weight excluding hydrogens is 889 g/mol. The number of rotatable bonds is 40. The molecule has 7 N–H and O–H groups in total. The van der Waals surface area contributed by atoms with E-state index in [0.717, 1.165) is 70.6 Å². The Kier molecular flexibility index (Phi) is 36.8. The Morgan fingerprint density at radius 2 is 0.913 bits per heavy atom. The number of aliphatic hydroxyl groups excluding tert-OH is 7. The molecule has 0 radical (unpaired) electrons. The molecule has 0 aromatic carbocycles. The molecule has 0 spiro atoms. The van der Waals surface area contributed by atoms with Crippen molar-refractivity contribution < 1.29 is 73.8 Å². The predicted molar refractivity (Wildman–Crippen MR) is 266 cm³/mol. The van der Waals surface area contributed by atoms with Gasteiger partial charge in [0.2, 0.25) is 0 Å². The van der Waals surface area contributed by atoms with Crippen molar-refractivity contribution in [3.8, 4) is 0 Å². The van der Waals surface area contributed by atoms with Gasteiger partial charge in [-0.05, 0) is 57.8 Å². The zero-order chi connectivity index (χ0) is 50.3. The van der Waals surface area contributed by atoms with Gasteiger partial charge in [0.05, 0.1) is 19.8 Å². The molecule has 2 fully saturated rings. The van der Waals surface area contributed by atoms with E-state index in [9.17, 15) is 45.3 Å². The second-order valence-corrected chi connectivity index (χ2v) is 18.3. The van der Waals surface area contributed by atoms with Gasteiger partial charge >= 0.3 is 11.9 Å². The molecule has 4 unspecified atom stereocenters. The normalized spacial score (nSPS) is 26.0. The zero-order valence-corrected chi connectivity index (χ0v) is 42.0. The Hall–Kier alpha value is -2.80. The zero-order valence-electron chi connectivity index (χ0n) is 42.0. The van der Waals surface area contributed by atoms with E-state index in [4.69, 9.17) is 28.4 Å². The van der Waals surface area contributed by atoms with E-state index in [0.29, 0.717) is 12.8 Å². The SMILES string of the molecule is CC/C=C/C/C=C/C/C=C/C/C=C/C/C=C/CCCCCC(=O)OC[C@@H](CO[C@@H]1O[C@H](CO[C@@H]2O[C@H](CO)[C@H](O)C(O)C2O)[C@H](O)C(O)C1O)OC(=O)CCCCCCCCCCCCCCCC. The molecule has 15 heteroatoms. The summed E-state index contributed by atoms with van der Waals surface area (Å²) in [5, 5.41) is 72.1. The molecule has 0 amide bonds. The number of esters is 2. The molecule has 0 aliphatic carbocycles. The second kappa shape index (κ2) is 40.8. The van der Waals surface area contributed by atoms with Gasteiger partial charge in [0.1, 0.15) is 55.4 Å². The number of carbonyl (C=O) groups is 2. The lowest BCUT2D eigenvalue weighted by Crippen LogP contribution is -2.61. The summed E-state index contributed by atoms with van der Waals surface area (Å²) in [7, 11) is 0. The fourth-order valence-electron chi connectivity index (χ4n) is 7.95. The maximum Gasteiger partial charge on any atom is 0.306 e. The molecule has 2 heterocycles. The summed E-state index contributed by atoms with van der Waals surface area (Å²) in [4.78, 5) is 25.8. The van der Waals surface area contributed by atoms with Crippen molar-refractivity contribution in [2.24, 2.45) is 0 Å². The minimum atomic E-state index is -1.77. The number of carbonyl (C=O) groups excluding carboxylic acids is 2. The Labute approximate surface area is 413 Å². The van der Waals surface area contributed by atoms with Crippen molar-refractivity contribution in [1.82, 2.24) is 0 Å². The molecule has 2 aliphatic heterocycles. The van der Waals surface area contributed by atoms with Crippen LogP contribution in [0, 0.1) is 0 Å². The van der Waals surface area contributed by atoms with Gasteiger partial charge in [-0.25, -0.2) is 0 Å². The lowest BCUT2D eigenvalue weighted by molar-refractivity contribution is -0.332. The first-order valence-electron chi connectivity index (χ1n) is 26.4. The van der Waals surface area contributed by atoms with E-state index in [1.807, 2.05) is 0 Å². The lowest BCUT2D eigenvalue weighted by Gasteiger charge is -2.42. The molecule has 69 heavy (non-hydrogen) atoms. The van der Waals surface area contributed by atoms with E-state index in [-0.39, 0.29) is 19.4 Å². The maximum absolute atomic E-state index is 13.0. The molecule has 15 nitrogen and oxygen atoms in total. The monoisotopic (exact) mass is 981 g/mol. The minimum Gasteiger partial charge on any atom is -0.462 e. The summed E-state index contributed by atoms with van der Waals surface area (Å²) in [5.41, 5.74) is 0. The molecular formula is C54H92O15. The highest BCUT2D eigenvalue weighted by atomic mass is 16.7. The van der Waals surface area contributed by atoms with Crippen molar-refractivity contribution in [3.05, 3.63) is 60.8 Å². The summed E-state index contributed by atoms with van der Waals surface area (Å²) in [6.45, 7) is 2.44. The third-order valence-electron chi connectivity index (χ3n) is 12.3. The fourth-order valence-corrected chi connectivity index (χ4v) is 7.95. The Morgan fingerprint density at radius 3 is 1.43 bits per heavy atom. The molecule has 11 atom stereocenters. The number of hydrogen-bond donors (Lipinski definition) is 7. The Morgan fingerprint density at radius 1 is 0.478 bits per heavy atom. The highest BCUT2D eigenvalue weighted by Gasteiger charge is 2.47. The average Bonchev–Trinajstić information content (AvgIpc) is 3.34. The topological polar surface area (TPSA) is 231 Å². The summed E-state index contributed by atoms with van der Waals surface area (Å²) in [5.74, 6) is -0.962. The second-order valence-electron chi connectivity index (χ2n) is 18.3. The van der Waals surface area contributed by atoms with Crippen molar-refractivity contribution in [3.63, 3.8) is 0 Å². The fraction of sp³-hybridized carbons (Fsp3) is 0.778. The van der Waals surface area contributed by atoms with Crippen LogP contribution in [-0.4, -0.2) is 142 Å². The smallest absolute Gasteiger partial charge is 0.306 e. The summed E-state index contributed by atoms with van der Waals surface area (Å²) >= 11 is 0. The first kappa shape index (κ1) is 62.3. The lowest BCUT2D eigenvalue weighted by atomic mass is 9.98. The van der Waals surface area contributed by atoms with Crippen LogP contribution in [0.15, 0.2) is 60.8 Å². The number of unbranched alkanes of at least 4 members (excludes halogenated alkanes) is 16. The molecule has 398 valence electrons. The van der Waals surface area contributed by atoms with Crippen LogP contribution in [0.1, 0.15) is 174 Å². The van der Waals surface area contributed by atoms with E-state index in [1.54, 1.807) is 0 Å². The summed E-state index contributed by atoms with van der Waals surface area (Å²) in [6.07, 6.45) is 29.6. The standard InChI is InChI=1S/C54H92O15/c1-3-5-7-9-11-13-15-17-19-20-21-22-23-25-26-28-30-32-34-36-45(56)64-39-42(67-46(57)37-35-33-31-29-27-24-18-16-14-12-10-8-6-4-2)40-65-53-52(63)50(61)48(59)44(69-53)41-66-54-51(62)49(60)47(58)43(38-55)68-54/h5,7,11,13,17,19,21-22,25-26,42-44,47-55,58-63H,3-4,6,8-10,12,14-16,18,20,23-24,27-41H2,1-2H3/b7-5+,13-11+,19-17+,22-21+,26-25+/t42-,43+,44+,47-,48-,49?,50?,51?,52?,53+,54+/m0/s1. The van der Waals surface area contributed by atoms with Crippen LogP contribution < -0.4 is 0 Å². The van der Waals surface area contributed by atoms with E-state index in [1.165, 1.54) is 64.2 Å². The molecule has 0 saturated carbocycles. The van der Waals surface area contributed by atoms with E-state index < -0.39 is 99.3 Å². The van der Waals surface area contributed by atoms with Crippen LogP contribution in [0.4, 0.5) is 0 Å². The molecule has 2 aliphatic rings. The van der Waals surface area contributed by atoms with E-state index in [2.05, 4.69) is 74.6 Å². The molecule has 2 rings (SSSR count).